The van der Waals surface area contributed by atoms with E-state index in [-0.39, 0.29) is 0 Å². The van der Waals surface area contributed by atoms with Gasteiger partial charge in [0.25, 0.3) is 0 Å². The fraction of sp³-hybridized carbons (Fsp3) is 0.529. The van der Waals surface area contributed by atoms with Gasteiger partial charge in [0.15, 0.2) is 0 Å². The van der Waals surface area contributed by atoms with E-state index in [1.807, 2.05) is 38.1 Å². The van der Waals surface area contributed by atoms with Crippen molar-refractivity contribution in [2.45, 2.75) is 39.2 Å². The average Bonchev–Trinajstić information content (AvgIpc) is 2.44. The highest BCUT2D eigenvalue weighted by Gasteiger charge is 2.31. The van der Waals surface area contributed by atoms with E-state index < -0.39 is 15.6 Å². The molecular weight excluding hydrogens is 314 g/mol. The summed E-state index contributed by atoms with van der Waals surface area (Å²) < 4.78 is 36.9. The highest BCUT2D eigenvalue weighted by molar-refractivity contribution is 7.88. The van der Waals surface area contributed by atoms with Crippen LogP contribution in [0, 0.1) is 0 Å². The molecule has 1 aliphatic heterocycles. The zero-order valence-corrected chi connectivity index (χ0v) is 15.2. The number of nitrogens with zero attached hydrogens (tertiary/aromatic N) is 1. The van der Waals surface area contributed by atoms with Crippen molar-refractivity contribution in [3.05, 3.63) is 29.8 Å². The largest absolute Gasteiger partial charge is 0.494 e. The standard InChI is InChI=1S/C17H25NO4S/c1-6-7-10-21-13-8-9-16-14(11-13)15(12-17(2,3)22-16)18(4)23(5,19)20/h8-9,11-12H,6-7,10H2,1-5H3. The summed E-state index contributed by atoms with van der Waals surface area (Å²) in [6.07, 6.45) is 5.06. The van der Waals surface area contributed by atoms with Gasteiger partial charge < -0.3 is 9.47 Å². The maximum atomic E-state index is 12.0. The first kappa shape index (κ1) is 17.7. The lowest BCUT2D eigenvalue weighted by molar-refractivity contribution is 0.156. The summed E-state index contributed by atoms with van der Waals surface area (Å²) in [6, 6.07) is 5.53. The summed E-state index contributed by atoms with van der Waals surface area (Å²) in [7, 11) is -1.81. The van der Waals surface area contributed by atoms with Crippen LogP contribution in [0.5, 0.6) is 11.5 Å². The van der Waals surface area contributed by atoms with Gasteiger partial charge in [-0.15, -0.1) is 0 Å². The molecule has 1 aromatic rings. The van der Waals surface area contributed by atoms with Crippen molar-refractivity contribution in [1.82, 2.24) is 4.31 Å². The van der Waals surface area contributed by atoms with Gasteiger partial charge in [0, 0.05) is 12.6 Å². The van der Waals surface area contributed by atoms with Crippen LogP contribution in [0.25, 0.3) is 5.70 Å². The van der Waals surface area contributed by atoms with Crippen molar-refractivity contribution < 1.29 is 17.9 Å². The Balaban J connectivity index is 2.43. The Morgan fingerprint density at radius 2 is 2.00 bits per heavy atom. The number of rotatable bonds is 6. The highest BCUT2D eigenvalue weighted by atomic mass is 32.2. The Morgan fingerprint density at radius 1 is 1.30 bits per heavy atom. The Hall–Kier alpha value is -1.69. The molecule has 0 aromatic heterocycles. The summed E-state index contributed by atoms with van der Waals surface area (Å²) >= 11 is 0. The van der Waals surface area contributed by atoms with Crippen LogP contribution < -0.4 is 9.47 Å². The smallest absolute Gasteiger partial charge is 0.232 e. The van der Waals surface area contributed by atoms with Crippen molar-refractivity contribution in [2.24, 2.45) is 0 Å². The fourth-order valence-corrected chi connectivity index (χ4v) is 2.89. The van der Waals surface area contributed by atoms with Crippen LogP contribution in [0.4, 0.5) is 0 Å². The molecule has 0 saturated carbocycles. The van der Waals surface area contributed by atoms with Crippen molar-refractivity contribution in [3.63, 3.8) is 0 Å². The van der Waals surface area contributed by atoms with Gasteiger partial charge in [-0.3, -0.25) is 4.31 Å². The van der Waals surface area contributed by atoms with E-state index in [1.165, 1.54) is 10.6 Å². The Labute approximate surface area is 138 Å². The van der Waals surface area contributed by atoms with E-state index in [2.05, 4.69) is 6.92 Å². The van der Waals surface area contributed by atoms with Crippen molar-refractivity contribution in [1.29, 1.82) is 0 Å². The number of ether oxygens (including phenoxy) is 2. The van der Waals surface area contributed by atoms with Gasteiger partial charge in [0.1, 0.15) is 17.1 Å². The third-order valence-corrected chi connectivity index (χ3v) is 4.88. The third kappa shape index (κ3) is 4.19. The van der Waals surface area contributed by atoms with Crippen LogP contribution in [-0.4, -0.2) is 38.2 Å². The Bertz CT molecular complexity index is 707. The van der Waals surface area contributed by atoms with Crippen LogP contribution in [0.15, 0.2) is 24.3 Å². The predicted molar refractivity (Wildman–Crippen MR) is 92.1 cm³/mol. The maximum absolute atomic E-state index is 12.0. The van der Waals surface area contributed by atoms with Gasteiger partial charge >= 0.3 is 0 Å². The second kappa shape index (κ2) is 6.43. The van der Waals surface area contributed by atoms with Crippen LogP contribution in [0.3, 0.4) is 0 Å². The van der Waals surface area contributed by atoms with Gasteiger partial charge in [-0.1, -0.05) is 13.3 Å². The number of unbranched alkanes of at least 4 members (excludes halogenated alkanes) is 1. The fourth-order valence-electron chi connectivity index (χ4n) is 2.38. The molecule has 0 unspecified atom stereocenters. The molecular formula is C17H25NO4S. The molecule has 23 heavy (non-hydrogen) atoms. The summed E-state index contributed by atoms with van der Waals surface area (Å²) in [5, 5.41) is 0. The van der Waals surface area contributed by atoms with Crippen molar-refractivity contribution >= 4 is 15.7 Å². The quantitative estimate of drug-likeness (QED) is 0.747. The second-order valence-electron chi connectivity index (χ2n) is 6.33. The molecule has 0 spiro atoms. The van der Waals surface area contributed by atoms with E-state index in [9.17, 15) is 8.42 Å². The highest BCUT2D eigenvalue weighted by Crippen LogP contribution is 2.39. The minimum atomic E-state index is -3.36. The first-order valence-corrected chi connectivity index (χ1v) is 9.62. The molecule has 0 radical (unpaired) electrons. The number of benzene rings is 1. The molecule has 0 aliphatic carbocycles. The molecule has 1 aromatic carbocycles. The number of hydrogen-bond donors (Lipinski definition) is 0. The van der Waals surface area contributed by atoms with Gasteiger partial charge in [-0.05, 0) is 44.5 Å². The van der Waals surface area contributed by atoms with E-state index in [1.54, 1.807) is 7.05 Å². The number of sulfonamides is 1. The van der Waals surface area contributed by atoms with E-state index in [0.717, 1.165) is 18.4 Å². The molecule has 1 heterocycles. The van der Waals surface area contributed by atoms with Gasteiger partial charge in [0.2, 0.25) is 10.0 Å². The lowest BCUT2D eigenvalue weighted by atomic mass is 9.99. The minimum absolute atomic E-state index is 0.578. The summed E-state index contributed by atoms with van der Waals surface area (Å²) in [5.74, 6) is 1.37. The molecule has 6 heteroatoms. The number of hydrogen-bond acceptors (Lipinski definition) is 4. The van der Waals surface area contributed by atoms with E-state index in [4.69, 9.17) is 9.47 Å². The topological polar surface area (TPSA) is 55.8 Å². The van der Waals surface area contributed by atoms with Gasteiger partial charge in [0.05, 0.1) is 18.6 Å². The molecule has 5 nitrogen and oxygen atoms in total. The summed E-state index contributed by atoms with van der Waals surface area (Å²) in [4.78, 5) is 0. The SMILES string of the molecule is CCCCOc1ccc2c(c1)C(N(C)S(C)(=O)=O)=CC(C)(C)O2. The monoisotopic (exact) mass is 339 g/mol. The zero-order valence-electron chi connectivity index (χ0n) is 14.4. The van der Waals surface area contributed by atoms with Gasteiger partial charge in [-0.25, -0.2) is 8.42 Å². The van der Waals surface area contributed by atoms with Crippen molar-refractivity contribution in [2.75, 3.05) is 19.9 Å². The van der Waals surface area contributed by atoms with Crippen LogP contribution in [0.1, 0.15) is 39.2 Å². The third-order valence-electron chi connectivity index (χ3n) is 3.69. The Kier molecular flexibility index (Phi) is 4.94. The normalized spacial score (nSPS) is 16.1. The molecule has 0 bridgehead atoms. The van der Waals surface area contributed by atoms with Crippen molar-refractivity contribution in [3.8, 4) is 11.5 Å². The zero-order chi connectivity index (χ0) is 17.3. The maximum Gasteiger partial charge on any atom is 0.232 e. The molecule has 0 saturated heterocycles. The predicted octanol–water partition coefficient (Wildman–Crippen LogP) is 3.27. The molecule has 0 atom stereocenters. The van der Waals surface area contributed by atoms with E-state index in [0.29, 0.717) is 23.8 Å². The summed E-state index contributed by atoms with van der Waals surface area (Å²) in [5.41, 5.74) is 0.761. The lowest BCUT2D eigenvalue weighted by Crippen LogP contribution is -2.34. The Morgan fingerprint density at radius 3 is 2.61 bits per heavy atom. The molecule has 0 N–H and O–H groups in total. The lowest BCUT2D eigenvalue weighted by Gasteiger charge is -2.34. The first-order chi connectivity index (χ1) is 10.6. The molecule has 2 rings (SSSR count). The van der Waals surface area contributed by atoms with Crippen LogP contribution in [-0.2, 0) is 10.0 Å². The summed E-state index contributed by atoms with van der Waals surface area (Å²) in [6.45, 7) is 6.55. The van der Waals surface area contributed by atoms with E-state index >= 15 is 0 Å². The van der Waals surface area contributed by atoms with Gasteiger partial charge in [-0.2, -0.15) is 0 Å². The molecule has 0 fully saturated rings. The molecule has 128 valence electrons. The molecule has 1 aliphatic rings. The van der Waals surface area contributed by atoms with Crippen LogP contribution >= 0.6 is 0 Å². The molecule has 0 amide bonds. The second-order valence-corrected chi connectivity index (χ2v) is 8.34. The minimum Gasteiger partial charge on any atom is -0.494 e. The van der Waals surface area contributed by atoms with Crippen LogP contribution in [0.2, 0.25) is 0 Å². The number of fused-ring (bicyclic) bond motifs is 1. The first-order valence-electron chi connectivity index (χ1n) is 7.77. The average molecular weight is 339 g/mol.